The molecule has 27 heavy (non-hydrogen) atoms. The van der Waals surface area contributed by atoms with Gasteiger partial charge in [0.15, 0.2) is 11.5 Å². The fraction of sp³-hybridized carbons (Fsp3) is 0.381. The largest absolute Gasteiger partial charge is 0.497 e. The van der Waals surface area contributed by atoms with Gasteiger partial charge in [0.2, 0.25) is 6.79 Å². The summed E-state index contributed by atoms with van der Waals surface area (Å²) in [5.74, 6) is 2.13. The lowest BCUT2D eigenvalue weighted by atomic mass is 10.0. The lowest BCUT2D eigenvalue weighted by molar-refractivity contribution is 0.0937. The van der Waals surface area contributed by atoms with E-state index in [2.05, 4.69) is 16.3 Å². The van der Waals surface area contributed by atoms with Crippen LogP contribution in [0.15, 0.2) is 42.5 Å². The molecule has 0 saturated carbocycles. The Kier molecular flexibility index (Phi) is 5.16. The summed E-state index contributed by atoms with van der Waals surface area (Å²) in [4.78, 5) is 15.0. The summed E-state index contributed by atoms with van der Waals surface area (Å²) in [5, 5.41) is 3.09. The fourth-order valence-electron chi connectivity index (χ4n) is 3.69. The highest BCUT2D eigenvalue weighted by Gasteiger charge is 2.26. The number of carbonyl (C=O) groups is 1. The minimum atomic E-state index is -0.0983. The Morgan fingerprint density at radius 2 is 1.96 bits per heavy atom. The average molecular weight is 368 g/mol. The topological polar surface area (TPSA) is 60.0 Å². The molecule has 1 amide bonds. The Morgan fingerprint density at radius 1 is 1.15 bits per heavy atom. The van der Waals surface area contributed by atoms with Crippen molar-refractivity contribution in [1.29, 1.82) is 0 Å². The van der Waals surface area contributed by atoms with E-state index in [0.717, 1.165) is 30.2 Å². The van der Waals surface area contributed by atoms with E-state index in [-0.39, 0.29) is 18.7 Å². The lowest BCUT2D eigenvalue weighted by Crippen LogP contribution is -2.36. The SMILES string of the molecule is COc1cccc(C(=O)NCC(c2ccc3c(c2)OCO3)N2CCCC2)c1. The number of benzene rings is 2. The minimum Gasteiger partial charge on any atom is -0.497 e. The molecule has 0 aliphatic carbocycles. The number of hydrogen-bond acceptors (Lipinski definition) is 5. The third kappa shape index (κ3) is 3.85. The van der Waals surface area contributed by atoms with E-state index in [1.165, 1.54) is 12.8 Å². The number of carbonyl (C=O) groups excluding carboxylic acids is 1. The van der Waals surface area contributed by atoms with Gasteiger partial charge >= 0.3 is 0 Å². The number of nitrogens with one attached hydrogen (secondary N) is 1. The first kappa shape index (κ1) is 17.7. The summed E-state index contributed by atoms with van der Waals surface area (Å²) >= 11 is 0. The van der Waals surface area contributed by atoms with Crippen LogP contribution in [0, 0.1) is 0 Å². The number of fused-ring (bicyclic) bond motifs is 1. The van der Waals surface area contributed by atoms with Crippen LogP contribution in [0.25, 0.3) is 0 Å². The molecule has 0 radical (unpaired) electrons. The quantitative estimate of drug-likeness (QED) is 0.849. The van der Waals surface area contributed by atoms with E-state index < -0.39 is 0 Å². The molecule has 2 aromatic carbocycles. The minimum absolute atomic E-state index is 0.0983. The maximum atomic E-state index is 12.6. The van der Waals surface area contributed by atoms with Crippen molar-refractivity contribution in [1.82, 2.24) is 10.2 Å². The van der Waals surface area contributed by atoms with Crippen LogP contribution in [0.3, 0.4) is 0 Å². The molecule has 4 rings (SSSR count). The molecule has 1 saturated heterocycles. The molecule has 0 bridgehead atoms. The summed E-state index contributed by atoms with van der Waals surface area (Å²) in [6, 6.07) is 13.3. The van der Waals surface area contributed by atoms with E-state index in [4.69, 9.17) is 14.2 Å². The Balaban J connectivity index is 1.50. The van der Waals surface area contributed by atoms with Crippen LogP contribution >= 0.6 is 0 Å². The van der Waals surface area contributed by atoms with Crippen molar-refractivity contribution in [2.75, 3.05) is 33.5 Å². The van der Waals surface area contributed by atoms with Crippen LogP contribution in [0.5, 0.6) is 17.2 Å². The molecule has 1 fully saturated rings. The molecule has 6 heteroatoms. The summed E-state index contributed by atoms with van der Waals surface area (Å²) in [7, 11) is 1.60. The van der Waals surface area contributed by atoms with Crippen molar-refractivity contribution in [3.8, 4) is 17.2 Å². The summed E-state index contributed by atoms with van der Waals surface area (Å²) in [6.07, 6.45) is 2.37. The highest BCUT2D eigenvalue weighted by Crippen LogP contribution is 2.36. The van der Waals surface area contributed by atoms with Crippen molar-refractivity contribution >= 4 is 5.91 Å². The van der Waals surface area contributed by atoms with Crippen LogP contribution in [-0.2, 0) is 0 Å². The van der Waals surface area contributed by atoms with Crippen molar-refractivity contribution in [3.05, 3.63) is 53.6 Å². The van der Waals surface area contributed by atoms with Gasteiger partial charge in [-0.3, -0.25) is 9.69 Å². The molecule has 6 nitrogen and oxygen atoms in total. The number of nitrogens with zero attached hydrogens (tertiary/aromatic N) is 1. The Labute approximate surface area is 159 Å². The third-order valence-corrected chi connectivity index (χ3v) is 5.15. The van der Waals surface area contributed by atoms with Crippen molar-refractivity contribution in [2.45, 2.75) is 18.9 Å². The van der Waals surface area contributed by atoms with Crippen LogP contribution in [0.1, 0.15) is 34.8 Å². The molecule has 1 atom stereocenters. The Bertz CT molecular complexity index is 818. The highest BCUT2D eigenvalue weighted by atomic mass is 16.7. The van der Waals surface area contributed by atoms with Gasteiger partial charge in [-0.1, -0.05) is 12.1 Å². The van der Waals surface area contributed by atoms with Gasteiger partial charge < -0.3 is 19.5 Å². The Hall–Kier alpha value is -2.73. The maximum Gasteiger partial charge on any atom is 0.251 e. The van der Waals surface area contributed by atoms with Crippen molar-refractivity contribution < 1.29 is 19.0 Å². The number of likely N-dealkylation sites (tertiary alicyclic amines) is 1. The van der Waals surface area contributed by atoms with Gasteiger partial charge in [0.25, 0.3) is 5.91 Å². The van der Waals surface area contributed by atoms with Gasteiger partial charge in [-0.2, -0.15) is 0 Å². The molecule has 0 aromatic heterocycles. The average Bonchev–Trinajstić information content (AvgIpc) is 3.39. The number of amides is 1. The molecule has 2 aliphatic heterocycles. The molecule has 2 aromatic rings. The molecule has 1 N–H and O–H groups in total. The van der Waals surface area contributed by atoms with E-state index >= 15 is 0 Å². The van der Waals surface area contributed by atoms with Crippen molar-refractivity contribution in [2.24, 2.45) is 0 Å². The monoisotopic (exact) mass is 368 g/mol. The van der Waals surface area contributed by atoms with Gasteiger partial charge in [-0.05, 0) is 61.8 Å². The zero-order valence-electron chi connectivity index (χ0n) is 15.4. The smallest absolute Gasteiger partial charge is 0.251 e. The first-order chi connectivity index (χ1) is 13.2. The van der Waals surface area contributed by atoms with E-state index in [1.54, 1.807) is 19.2 Å². The van der Waals surface area contributed by atoms with Crippen LogP contribution in [0.2, 0.25) is 0 Å². The van der Waals surface area contributed by atoms with Gasteiger partial charge in [0.1, 0.15) is 5.75 Å². The molecule has 142 valence electrons. The fourth-order valence-corrected chi connectivity index (χ4v) is 3.69. The number of ether oxygens (including phenoxy) is 3. The number of hydrogen-bond donors (Lipinski definition) is 1. The van der Waals surface area contributed by atoms with Gasteiger partial charge in [-0.25, -0.2) is 0 Å². The molecule has 2 aliphatic rings. The third-order valence-electron chi connectivity index (χ3n) is 5.15. The predicted molar refractivity (Wildman–Crippen MR) is 101 cm³/mol. The first-order valence-electron chi connectivity index (χ1n) is 9.30. The zero-order chi connectivity index (χ0) is 18.6. The van der Waals surface area contributed by atoms with E-state index in [0.29, 0.717) is 17.9 Å². The van der Waals surface area contributed by atoms with Crippen molar-refractivity contribution in [3.63, 3.8) is 0 Å². The summed E-state index contributed by atoms with van der Waals surface area (Å²) in [5.41, 5.74) is 1.73. The first-order valence-corrected chi connectivity index (χ1v) is 9.30. The molecule has 2 heterocycles. The highest BCUT2D eigenvalue weighted by molar-refractivity contribution is 5.94. The summed E-state index contributed by atoms with van der Waals surface area (Å²) in [6.45, 7) is 2.87. The molecular weight excluding hydrogens is 344 g/mol. The standard InChI is InChI=1S/C21H24N2O4/c1-25-17-6-4-5-16(11-17)21(24)22-13-18(23-9-2-3-10-23)15-7-8-19-20(12-15)27-14-26-19/h4-8,11-12,18H,2-3,9-10,13-14H2,1H3,(H,22,24). The lowest BCUT2D eigenvalue weighted by Gasteiger charge is -2.28. The predicted octanol–water partition coefficient (Wildman–Crippen LogP) is 2.99. The maximum absolute atomic E-state index is 12.6. The molecule has 0 spiro atoms. The molecule has 1 unspecified atom stereocenters. The number of methoxy groups -OCH3 is 1. The van der Waals surface area contributed by atoms with Crippen LogP contribution < -0.4 is 19.5 Å². The number of rotatable bonds is 6. The van der Waals surface area contributed by atoms with E-state index in [9.17, 15) is 4.79 Å². The van der Waals surface area contributed by atoms with Crippen LogP contribution in [-0.4, -0.2) is 44.3 Å². The zero-order valence-corrected chi connectivity index (χ0v) is 15.4. The second kappa shape index (κ2) is 7.88. The normalized spacial score (nSPS) is 16.9. The second-order valence-electron chi connectivity index (χ2n) is 6.81. The van der Waals surface area contributed by atoms with Gasteiger partial charge in [0.05, 0.1) is 13.2 Å². The van der Waals surface area contributed by atoms with E-state index in [1.807, 2.05) is 24.3 Å². The summed E-state index contributed by atoms with van der Waals surface area (Å²) < 4.78 is 16.2. The Morgan fingerprint density at radius 3 is 2.78 bits per heavy atom. The van der Waals surface area contributed by atoms with Gasteiger partial charge in [-0.15, -0.1) is 0 Å². The molecular formula is C21H24N2O4. The second-order valence-corrected chi connectivity index (χ2v) is 6.81. The van der Waals surface area contributed by atoms with Gasteiger partial charge in [0, 0.05) is 12.1 Å². The van der Waals surface area contributed by atoms with Crippen LogP contribution in [0.4, 0.5) is 0 Å².